The van der Waals surface area contributed by atoms with Gasteiger partial charge in [0, 0.05) is 31.8 Å². The second-order valence-corrected chi connectivity index (χ2v) is 4.72. The monoisotopic (exact) mass is 286 g/mol. The Hall–Kier alpha value is -2.14. The molecule has 2 rings (SSSR count). The maximum absolute atomic E-state index is 5.51. The van der Waals surface area contributed by atoms with Crippen molar-refractivity contribution < 1.29 is 4.74 Å². The fraction of sp³-hybridized carbons (Fsp3) is 0.375. The highest BCUT2D eigenvalue weighted by molar-refractivity contribution is 5.61. The van der Waals surface area contributed by atoms with Gasteiger partial charge in [-0.05, 0) is 13.8 Å². The second-order valence-electron chi connectivity index (χ2n) is 4.72. The van der Waals surface area contributed by atoms with E-state index in [2.05, 4.69) is 20.6 Å². The maximum Gasteiger partial charge on any atom is 0.163 e. The normalized spacial score (nSPS) is 12.0. The lowest BCUT2D eigenvalue weighted by Crippen LogP contribution is -2.20. The molecule has 2 aromatic rings. The number of nitrogens with one attached hydrogen (secondary N) is 2. The second kappa shape index (κ2) is 7.59. The number of nitrogens with zero attached hydrogens (tertiary/aromatic N) is 2. The number of hydrogen-bond donors (Lipinski definition) is 2. The molecule has 1 atom stereocenters. The van der Waals surface area contributed by atoms with Crippen LogP contribution in [-0.4, -0.2) is 36.3 Å². The van der Waals surface area contributed by atoms with Crippen LogP contribution in [0.2, 0.25) is 0 Å². The van der Waals surface area contributed by atoms with Crippen LogP contribution in [0.5, 0.6) is 0 Å². The summed E-state index contributed by atoms with van der Waals surface area (Å²) in [6.07, 6.45) is 0.142. The summed E-state index contributed by atoms with van der Waals surface area (Å²) < 4.78 is 5.51. The van der Waals surface area contributed by atoms with E-state index < -0.39 is 0 Å². The molecule has 0 aliphatic rings. The highest BCUT2D eigenvalue weighted by Crippen LogP contribution is 2.19. The maximum atomic E-state index is 5.51. The highest BCUT2D eigenvalue weighted by Gasteiger charge is 2.07. The van der Waals surface area contributed by atoms with Gasteiger partial charge in [0.15, 0.2) is 5.82 Å². The van der Waals surface area contributed by atoms with Gasteiger partial charge in [0.1, 0.15) is 11.6 Å². The quantitative estimate of drug-likeness (QED) is 0.819. The van der Waals surface area contributed by atoms with Gasteiger partial charge in [-0.1, -0.05) is 30.3 Å². The van der Waals surface area contributed by atoms with Gasteiger partial charge >= 0.3 is 0 Å². The molecule has 5 nitrogen and oxygen atoms in total. The fourth-order valence-corrected chi connectivity index (χ4v) is 1.97. The number of anilines is 2. The van der Waals surface area contributed by atoms with Crippen molar-refractivity contribution in [2.75, 3.05) is 30.8 Å². The molecule has 0 aliphatic carbocycles. The number of aromatic nitrogens is 2. The Morgan fingerprint density at radius 2 is 1.86 bits per heavy atom. The molecular weight excluding hydrogens is 264 g/mol. The summed E-state index contributed by atoms with van der Waals surface area (Å²) in [7, 11) is 1.85. The molecule has 2 N–H and O–H groups in total. The van der Waals surface area contributed by atoms with Crippen molar-refractivity contribution in [3.8, 4) is 11.4 Å². The zero-order valence-electron chi connectivity index (χ0n) is 12.8. The molecule has 21 heavy (non-hydrogen) atoms. The average molecular weight is 286 g/mol. The van der Waals surface area contributed by atoms with Gasteiger partial charge in [-0.25, -0.2) is 9.97 Å². The predicted octanol–water partition coefficient (Wildman–Crippen LogP) is 3.02. The van der Waals surface area contributed by atoms with Crippen LogP contribution in [0.4, 0.5) is 11.6 Å². The largest absolute Gasteiger partial charge is 0.377 e. The third-order valence-corrected chi connectivity index (χ3v) is 3.04. The third-order valence-electron chi connectivity index (χ3n) is 3.04. The predicted molar refractivity (Wildman–Crippen MR) is 86.6 cm³/mol. The molecule has 0 saturated heterocycles. The van der Waals surface area contributed by atoms with Crippen LogP contribution >= 0.6 is 0 Å². The fourth-order valence-electron chi connectivity index (χ4n) is 1.97. The standard InChI is InChI=1S/C16H22N4O/c1-4-21-12(2)11-18-15-10-14(17-3)19-16(20-15)13-8-6-5-7-9-13/h5-10,12H,4,11H2,1-3H3,(H2,17,18,19,20). The van der Waals surface area contributed by atoms with E-state index in [4.69, 9.17) is 4.74 Å². The molecule has 1 aromatic heterocycles. The molecule has 1 unspecified atom stereocenters. The van der Waals surface area contributed by atoms with Crippen LogP contribution < -0.4 is 10.6 Å². The molecule has 5 heteroatoms. The Kier molecular flexibility index (Phi) is 5.51. The highest BCUT2D eigenvalue weighted by atomic mass is 16.5. The van der Waals surface area contributed by atoms with Gasteiger partial charge in [-0.2, -0.15) is 0 Å². The van der Waals surface area contributed by atoms with Gasteiger partial charge in [-0.3, -0.25) is 0 Å². The first-order chi connectivity index (χ1) is 10.2. The van der Waals surface area contributed by atoms with Crippen molar-refractivity contribution in [2.24, 2.45) is 0 Å². The Labute approximate surface area is 125 Å². The van der Waals surface area contributed by atoms with E-state index >= 15 is 0 Å². The minimum absolute atomic E-state index is 0.142. The zero-order chi connectivity index (χ0) is 15.1. The smallest absolute Gasteiger partial charge is 0.163 e. The van der Waals surface area contributed by atoms with Gasteiger partial charge in [0.05, 0.1) is 6.10 Å². The third kappa shape index (κ3) is 4.43. The van der Waals surface area contributed by atoms with Crippen molar-refractivity contribution >= 4 is 11.6 Å². The lowest BCUT2D eigenvalue weighted by Gasteiger charge is -2.14. The molecule has 0 bridgehead atoms. The van der Waals surface area contributed by atoms with Crippen molar-refractivity contribution in [3.63, 3.8) is 0 Å². The van der Waals surface area contributed by atoms with E-state index in [0.29, 0.717) is 19.0 Å². The van der Waals surface area contributed by atoms with Crippen molar-refractivity contribution in [2.45, 2.75) is 20.0 Å². The minimum Gasteiger partial charge on any atom is -0.377 e. The van der Waals surface area contributed by atoms with E-state index in [0.717, 1.165) is 17.2 Å². The van der Waals surface area contributed by atoms with E-state index in [9.17, 15) is 0 Å². The summed E-state index contributed by atoms with van der Waals surface area (Å²) in [5.41, 5.74) is 0.996. The van der Waals surface area contributed by atoms with Gasteiger partial charge in [-0.15, -0.1) is 0 Å². The van der Waals surface area contributed by atoms with Crippen molar-refractivity contribution in [3.05, 3.63) is 36.4 Å². The molecule has 1 aromatic carbocycles. The Morgan fingerprint density at radius 1 is 1.14 bits per heavy atom. The Morgan fingerprint density at radius 3 is 2.52 bits per heavy atom. The Bertz CT molecular complexity index is 559. The van der Waals surface area contributed by atoms with Gasteiger partial charge in [0.2, 0.25) is 0 Å². The van der Waals surface area contributed by atoms with Crippen molar-refractivity contribution in [1.82, 2.24) is 9.97 Å². The van der Waals surface area contributed by atoms with E-state index in [1.54, 1.807) is 0 Å². The van der Waals surface area contributed by atoms with Crippen LogP contribution in [0.1, 0.15) is 13.8 Å². The molecule has 0 fully saturated rings. The zero-order valence-corrected chi connectivity index (χ0v) is 12.8. The number of hydrogen-bond acceptors (Lipinski definition) is 5. The summed E-state index contributed by atoms with van der Waals surface area (Å²) >= 11 is 0. The Balaban J connectivity index is 2.18. The van der Waals surface area contributed by atoms with Crippen LogP contribution in [0.25, 0.3) is 11.4 Å². The molecule has 0 spiro atoms. The topological polar surface area (TPSA) is 59.1 Å². The summed E-state index contributed by atoms with van der Waals surface area (Å²) in [6.45, 7) is 5.45. The lowest BCUT2D eigenvalue weighted by molar-refractivity contribution is 0.0855. The minimum atomic E-state index is 0.142. The summed E-state index contributed by atoms with van der Waals surface area (Å²) in [5.74, 6) is 2.28. The summed E-state index contributed by atoms with van der Waals surface area (Å²) in [5, 5.41) is 6.37. The number of rotatable bonds is 7. The molecule has 0 aliphatic heterocycles. The summed E-state index contributed by atoms with van der Waals surface area (Å²) in [6, 6.07) is 11.8. The first-order valence-corrected chi connectivity index (χ1v) is 7.20. The molecular formula is C16H22N4O. The van der Waals surface area contributed by atoms with Crippen LogP contribution in [0.15, 0.2) is 36.4 Å². The van der Waals surface area contributed by atoms with E-state index in [-0.39, 0.29) is 6.10 Å². The van der Waals surface area contributed by atoms with E-state index in [1.807, 2.05) is 57.3 Å². The van der Waals surface area contributed by atoms with E-state index in [1.165, 1.54) is 0 Å². The first kappa shape index (κ1) is 15.3. The molecule has 1 heterocycles. The van der Waals surface area contributed by atoms with Crippen LogP contribution in [0, 0.1) is 0 Å². The molecule has 0 saturated carbocycles. The van der Waals surface area contributed by atoms with Gasteiger partial charge < -0.3 is 15.4 Å². The average Bonchev–Trinajstić information content (AvgIpc) is 2.54. The molecule has 112 valence electrons. The first-order valence-electron chi connectivity index (χ1n) is 7.20. The molecule has 0 amide bonds. The SMILES string of the molecule is CCOC(C)CNc1cc(NC)nc(-c2ccccc2)n1. The van der Waals surface area contributed by atoms with Crippen LogP contribution in [-0.2, 0) is 4.74 Å². The summed E-state index contributed by atoms with van der Waals surface area (Å²) in [4.78, 5) is 9.06. The van der Waals surface area contributed by atoms with Crippen molar-refractivity contribution in [1.29, 1.82) is 0 Å². The van der Waals surface area contributed by atoms with Gasteiger partial charge in [0.25, 0.3) is 0 Å². The molecule has 0 radical (unpaired) electrons. The lowest BCUT2D eigenvalue weighted by atomic mass is 10.2. The number of ether oxygens (including phenoxy) is 1. The number of benzene rings is 1. The van der Waals surface area contributed by atoms with Crippen LogP contribution in [0.3, 0.4) is 0 Å².